The number of nitrogens with one attached hydrogen (secondary N) is 1. The number of benzene rings is 2. The number of hydrogen-bond acceptors (Lipinski definition) is 4. The number of imidazole rings is 1. The van der Waals surface area contributed by atoms with Crippen LogP contribution < -0.4 is 15.7 Å². The summed E-state index contributed by atoms with van der Waals surface area (Å²) in [7, 11) is 1.53. The minimum absolute atomic E-state index is 0.0809. The number of carbonyl (C=O) groups excluding carboxylic acids is 1. The summed E-state index contributed by atoms with van der Waals surface area (Å²) < 4.78 is 21.2. The molecule has 0 atom stereocenters. The van der Waals surface area contributed by atoms with Gasteiger partial charge in [0.25, 0.3) is 0 Å². The summed E-state index contributed by atoms with van der Waals surface area (Å²) in [6, 6.07) is 12.2. The van der Waals surface area contributed by atoms with Crippen molar-refractivity contribution in [1.29, 1.82) is 0 Å². The molecule has 1 amide bonds. The number of carbonyl (C=O) groups is 1. The first kappa shape index (κ1) is 21.7. The van der Waals surface area contributed by atoms with Crippen LogP contribution in [0.1, 0.15) is 43.8 Å². The average Bonchev–Trinajstić information content (AvgIpc) is 3.05. The molecule has 7 nitrogen and oxygen atoms in total. The Morgan fingerprint density at radius 2 is 1.88 bits per heavy atom. The van der Waals surface area contributed by atoms with Crippen molar-refractivity contribution < 1.29 is 19.0 Å². The number of amides is 1. The Bertz CT molecular complexity index is 1160. The van der Waals surface area contributed by atoms with E-state index in [0.29, 0.717) is 17.1 Å². The Kier molecular flexibility index (Phi) is 6.30. The van der Waals surface area contributed by atoms with Crippen LogP contribution in [0.3, 0.4) is 0 Å². The molecular weight excluding hydrogens is 413 g/mol. The topological polar surface area (TPSA) is 85.5 Å². The quantitative estimate of drug-likeness (QED) is 0.603. The van der Waals surface area contributed by atoms with Crippen molar-refractivity contribution in [3.63, 3.8) is 0 Å². The molecule has 3 aromatic rings. The van der Waals surface area contributed by atoms with Gasteiger partial charge in [-0.1, -0.05) is 25.3 Å². The predicted octanol–water partition coefficient (Wildman–Crippen LogP) is 4.18. The Hall–Kier alpha value is -3.55. The van der Waals surface area contributed by atoms with Gasteiger partial charge in [-0.3, -0.25) is 9.36 Å². The van der Waals surface area contributed by atoms with Gasteiger partial charge < -0.3 is 15.2 Å². The zero-order valence-corrected chi connectivity index (χ0v) is 17.9. The second-order valence-corrected chi connectivity index (χ2v) is 7.98. The highest BCUT2D eigenvalue weighted by molar-refractivity contribution is 5.92. The third-order valence-corrected chi connectivity index (χ3v) is 5.87. The van der Waals surface area contributed by atoms with Crippen LogP contribution in [-0.2, 0) is 11.2 Å². The highest BCUT2D eigenvalue weighted by atomic mass is 19.1. The van der Waals surface area contributed by atoms with Crippen LogP contribution in [0.25, 0.3) is 5.69 Å². The Balaban J connectivity index is 1.73. The summed E-state index contributed by atoms with van der Waals surface area (Å²) in [5.41, 5.74) is 0.785. The fourth-order valence-corrected chi connectivity index (χ4v) is 4.30. The van der Waals surface area contributed by atoms with Gasteiger partial charge in [0.05, 0.1) is 24.9 Å². The van der Waals surface area contributed by atoms with Crippen molar-refractivity contribution in [2.75, 3.05) is 12.4 Å². The van der Waals surface area contributed by atoms with Crippen molar-refractivity contribution in [2.24, 2.45) is 0 Å². The number of methoxy groups -OCH3 is 1. The minimum Gasteiger partial charge on any atom is -0.497 e. The van der Waals surface area contributed by atoms with Crippen LogP contribution in [0.4, 0.5) is 10.1 Å². The van der Waals surface area contributed by atoms with Crippen molar-refractivity contribution in [2.45, 2.75) is 44.6 Å². The molecule has 0 spiro atoms. The molecule has 1 heterocycles. The van der Waals surface area contributed by atoms with E-state index in [1.807, 2.05) is 0 Å². The van der Waals surface area contributed by atoms with Gasteiger partial charge >= 0.3 is 5.69 Å². The maximum absolute atomic E-state index is 13.4. The van der Waals surface area contributed by atoms with E-state index in [1.165, 1.54) is 35.9 Å². The smallest absolute Gasteiger partial charge is 0.336 e. The lowest BCUT2D eigenvalue weighted by Crippen LogP contribution is -2.30. The van der Waals surface area contributed by atoms with E-state index in [0.717, 1.165) is 32.1 Å². The summed E-state index contributed by atoms with van der Waals surface area (Å²) in [6.45, 7) is 0. The zero-order valence-electron chi connectivity index (χ0n) is 17.9. The molecule has 1 aliphatic rings. The summed E-state index contributed by atoms with van der Waals surface area (Å²) in [5.74, 6) is -0.515. The lowest BCUT2D eigenvalue weighted by atomic mass is 9.95. The van der Waals surface area contributed by atoms with E-state index in [9.17, 15) is 19.1 Å². The first-order valence-corrected chi connectivity index (χ1v) is 10.7. The number of rotatable bonds is 6. The van der Waals surface area contributed by atoms with Gasteiger partial charge in [-0.15, -0.1) is 0 Å². The molecule has 1 aliphatic carbocycles. The van der Waals surface area contributed by atoms with Gasteiger partial charge in [-0.25, -0.2) is 13.8 Å². The largest absolute Gasteiger partial charge is 0.497 e. The number of aromatic nitrogens is 2. The van der Waals surface area contributed by atoms with E-state index in [4.69, 9.17) is 4.74 Å². The van der Waals surface area contributed by atoms with Gasteiger partial charge in [0, 0.05) is 17.8 Å². The number of nitrogens with zero attached hydrogens (tertiary/aromatic N) is 2. The first-order chi connectivity index (χ1) is 15.5. The van der Waals surface area contributed by atoms with Crippen molar-refractivity contribution in [1.82, 2.24) is 9.13 Å². The molecule has 32 heavy (non-hydrogen) atoms. The lowest BCUT2D eigenvalue weighted by molar-refractivity contribution is -0.115. The van der Waals surface area contributed by atoms with Crippen molar-refractivity contribution >= 4 is 11.6 Å². The minimum atomic E-state index is -0.403. The standard InChI is InChI=1S/C24H26FN3O4/c1-32-20-9-5-8-19(14-20)28-23(30)21(27(24(28)31)18-6-3-2-4-7-18)15-22(29)26-17-12-10-16(25)11-13-17/h5,8-14,18,30H,2-4,6-7,15H2,1H3,(H,26,29). The second kappa shape index (κ2) is 9.30. The van der Waals surface area contributed by atoms with Gasteiger partial charge in [0.2, 0.25) is 11.8 Å². The highest BCUT2D eigenvalue weighted by Gasteiger charge is 2.28. The van der Waals surface area contributed by atoms with E-state index >= 15 is 0 Å². The van der Waals surface area contributed by atoms with E-state index < -0.39 is 11.7 Å². The number of hydrogen-bond donors (Lipinski definition) is 2. The molecule has 1 fully saturated rings. The van der Waals surface area contributed by atoms with E-state index in [1.54, 1.807) is 28.8 Å². The molecule has 0 bridgehead atoms. The predicted molar refractivity (Wildman–Crippen MR) is 119 cm³/mol. The maximum Gasteiger partial charge on any atom is 0.336 e. The molecule has 168 valence electrons. The molecule has 1 saturated carbocycles. The summed E-state index contributed by atoms with van der Waals surface area (Å²) in [6.07, 6.45) is 4.52. The third kappa shape index (κ3) is 4.39. The normalized spacial score (nSPS) is 14.3. The summed E-state index contributed by atoms with van der Waals surface area (Å²) in [4.78, 5) is 26.2. The molecule has 2 aromatic carbocycles. The van der Waals surface area contributed by atoms with Crippen LogP contribution in [0.2, 0.25) is 0 Å². The van der Waals surface area contributed by atoms with Crippen LogP contribution >= 0.6 is 0 Å². The SMILES string of the molecule is COc1cccc(-n2c(O)c(CC(=O)Nc3ccc(F)cc3)n(C3CCCCC3)c2=O)c1. The number of aromatic hydroxyl groups is 1. The molecule has 0 unspecified atom stereocenters. The van der Waals surface area contributed by atoms with Gasteiger partial charge in [0.1, 0.15) is 11.6 Å². The highest BCUT2D eigenvalue weighted by Crippen LogP contribution is 2.32. The lowest BCUT2D eigenvalue weighted by Gasteiger charge is -2.24. The second-order valence-electron chi connectivity index (χ2n) is 7.98. The van der Waals surface area contributed by atoms with Crippen LogP contribution in [0, 0.1) is 5.82 Å². The third-order valence-electron chi connectivity index (χ3n) is 5.87. The van der Waals surface area contributed by atoms with Gasteiger partial charge in [0.15, 0.2) is 0 Å². The van der Waals surface area contributed by atoms with Crippen molar-refractivity contribution in [3.05, 3.63) is 70.5 Å². The molecule has 4 rings (SSSR count). The number of halogens is 1. The Labute approximate surface area is 185 Å². The summed E-state index contributed by atoms with van der Waals surface area (Å²) >= 11 is 0. The fourth-order valence-electron chi connectivity index (χ4n) is 4.30. The first-order valence-electron chi connectivity index (χ1n) is 10.7. The number of ether oxygens (including phenoxy) is 1. The van der Waals surface area contributed by atoms with Gasteiger partial charge in [-0.05, 0) is 49.2 Å². The fraction of sp³-hybridized carbons (Fsp3) is 0.333. The van der Waals surface area contributed by atoms with Crippen molar-refractivity contribution in [3.8, 4) is 17.3 Å². The summed E-state index contributed by atoms with van der Waals surface area (Å²) in [5, 5.41) is 13.8. The molecule has 0 saturated heterocycles. The molecule has 1 aromatic heterocycles. The zero-order chi connectivity index (χ0) is 22.7. The Morgan fingerprint density at radius 3 is 2.56 bits per heavy atom. The van der Waals surface area contributed by atoms with Crippen LogP contribution in [-0.4, -0.2) is 27.3 Å². The average molecular weight is 439 g/mol. The maximum atomic E-state index is 13.4. The molecule has 8 heteroatoms. The monoisotopic (exact) mass is 439 g/mol. The van der Waals surface area contributed by atoms with E-state index in [2.05, 4.69) is 5.32 Å². The molecular formula is C24H26FN3O4. The van der Waals surface area contributed by atoms with E-state index in [-0.39, 0.29) is 29.7 Å². The van der Waals surface area contributed by atoms with Crippen LogP contribution in [0.15, 0.2) is 53.3 Å². The molecule has 0 aliphatic heterocycles. The number of anilines is 1. The van der Waals surface area contributed by atoms with Crippen LogP contribution in [0.5, 0.6) is 11.6 Å². The molecule has 0 radical (unpaired) electrons. The Morgan fingerprint density at radius 1 is 1.16 bits per heavy atom. The molecule has 2 N–H and O–H groups in total. The van der Waals surface area contributed by atoms with Gasteiger partial charge in [-0.2, -0.15) is 0 Å².